The topological polar surface area (TPSA) is 75.3 Å². The molecular formula is C31H24N2O3. The van der Waals surface area contributed by atoms with Crippen molar-refractivity contribution in [2.75, 3.05) is 26.4 Å². The van der Waals surface area contributed by atoms with E-state index in [2.05, 4.69) is 12.1 Å². The van der Waals surface area contributed by atoms with Gasteiger partial charge in [0.15, 0.2) is 0 Å². The summed E-state index contributed by atoms with van der Waals surface area (Å²) in [5.74, 6) is 1.59. The number of nitrogens with zero attached hydrogens (tertiary/aromatic N) is 2. The highest BCUT2D eigenvalue weighted by molar-refractivity contribution is 5.65. The van der Waals surface area contributed by atoms with Crippen molar-refractivity contribution in [3.05, 3.63) is 108 Å². The van der Waals surface area contributed by atoms with Gasteiger partial charge in [-0.15, -0.1) is 0 Å². The maximum Gasteiger partial charge on any atom is 0.119 e. The van der Waals surface area contributed by atoms with Gasteiger partial charge in [-0.2, -0.15) is 10.5 Å². The molecule has 0 aromatic heterocycles. The second-order valence-electron chi connectivity index (χ2n) is 9.00. The molecule has 0 amide bonds. The highest BCUT2D eigenvalue weighted by Gasteiger charge is 2.40. The van der Waals surface area contributed by atoms with E-state index in [0.29, 0.717) is 37.6 Å². The van der Waals surface area contributed by atoms with Gasteiger partial charge in [-0.1, -0.05) is 48.5 Å². The molecular weight excluding hydrogens is 448 g/mol. The molecule has 0 N–H and O–H groups in total. The molecule has 0 spiro atoms. The molecule has 0 saturated carbocycles. The maximum absolute atomic E-state index is 8.96. The summed E-state index contributed by atoms with van der Waals surface area (Å²) in [6.45, 7) is 2.21. The van der Waals surface area contributed by atoms with Gasteiger partial charge >= 0.3 is 0 Å². The van der Waals surface area contributed by atoms with Crippen LogP contribution in [0.25, 0.3) is 22.3 Å². The lowest BCUT2D eigenvalue weighted by molar-refractivity contribution is -0.149. The molecule has 5 heteroatoms. The Kier molecular flexibility index (Phi) is 6.67. The molecule has 0 bridgehead atoms. The van der Waals surface area contributed by atoms with Crippen LogP contribution in [0.5, 0.6) is 11.5 Å². The van der Waals surface area contributed by atoms with Crippen LogP contribution in [0.4, 0.5) is 0 Å². The zero-order valence-corrected chi connectivity index (χ0v) is 19.7. The molecule has 5 nitrogen and oxygen atoms in total. The number of rotatable bonds is 8. The maximum atomic E-state index is 8.96. The lowest BCUT2D eigenvalue weighted by atomic mass is 9.88. The molecule has 0 atom stereocenters. The Labute approximate surface area is 210 Å². The summed E-state index contributed by atoms with van der Waals surface area (Å²) in [6.07, 6.45) is 0. The predicted molar refractivity (Wildman–Crippen MR) is 137 cm³/mol. The van der Waals surface area contributed by atoms with Crippen LogP contribution in [0.3, 0.4) is 0 Å². The SMILES string of the molecule is N#Cc1ccc(-c2ccc(OCC3(COc4ccc(-c5ccc(C#N)cc5)cc4)COC3)cc2)cc1. The monoisotopic (exact) mass is 472 g/mol. The average molecular weight is 473 g/mol. The second-order valence-corrected chi connectivity index (χ2v) is 9.00. The van der Waals surface area contributed by atoms with E-state index >= 15 is 0 Å². The summed E-state index contributed by atoms with van der Waals surface area (Å²) in [5, 5.41) is 17.9. The predicted octanol–water partition coefficient (Wildman–Crippen LogP) is 6.24. The van der Waals surface area contributed by atoms with E-state index in [-0.39, 0.29) is 5.41 Å². The van der Waals surface area contributed by atoms with Gasteiger partial charge in [-0.25, -0.2) is 0 Å². The van der Waals surface area contributed by atoms with Crippen LogP contribution >= 0.6 is 0 Å². The van der Waals surface area contributed by atoms with E-state index in [1.807, 2.05) is 97.1 Å². The first kappa shape index (κ1) is 23.2. The largest absolute Gasteiger partial charge is 0.493 e. The van der Waals surface area contributed by atoms with Crippen LogP contribution in [0.2, 0.25) is 0 Å². The molecule has 1 fully saturated rings. The summed E-state index contributed by atoms with van der Waals surface area (Å²) < 4.78 is 17.7. The molecule has 1 heterocycles. The van der Waals surface area contributed by atoms with Gasteiger partial charge in [0.1, 0.15) is 24.7 Å². The third kappa shape index (κ3) is 5.23. The van der Waals surface area contributed by atoms with Gasteiger partial charge in [-0.3, -0.25) is 0 Å². The number of benzene rings is 4. The van der Waals surface area contributed by atoms with Crippen molar-refractivity contribution in [3.8, 4) is 45.9 Å². The summed E-state index contributed by atoms with van der Waals surface area (Å²) in [7, 11) is 0. The standard InChI is InChI=1S/C31H24N2O3/c32-17-23-1-5-25(6-2-23)27-9-13-29(14-10-27)35-21-31(19-34-20-31)22-36-30-15-11-28(12-16-30)26-7-3-24(18-33)4-8-26/h1-16H,19-22H2. The van der Waals surface area contributed by atoms with Crippen LogP contribution in [0, 0.1) is 28.1 Å². The molecule has 0 aliphatic carbocycles. The van der Waals surface area contributed by atoms with Crippen LogP contribution in [0.15, 0.2) is 97.1 Å². The molecule has 4 aromatic rings. The van der Waals surface area contributed by atoms with Crippen molar-refractivity contribution in [1.82, 2.24) is 0 Å². The van der Waals surface area contributed by atoms with Crippen LogP contribution in [0.1, 0.15) is 11.1 Å². The van der Waals surface area contributed by atoms with Crippen molar-refractivity contribution >= 4 is 0 Å². The highest BCUT2D eigenvalue weighted by atomic mass is 16.5. The first-order valence-electron chi connectivity index (χ1n) is 11.7. The van der Waals surface area contributed by atoms with Crippen molar-refractivity contribution in [2.45, 2.75) is 0 Å². The van der Waals surface area contributed by atoms with Crippen molar-refractivity contribution in [2.24, 2.45) is 5.41 Å². The number of nitriles is 2. The Morgan fingerprint density at radius 3 is 1.17 bits per heavy atom. The fourth-order valence-electron chi connectivity index (χ4n) is 4.03. The zero-order chi connectivity index (χ0) is 24.8. The highest BCUT2D eigenvalue weighted by Crippen LogP contribution is 2.31. The third-order valence-electron chi connectivity index (χ3n) is 6.31. The van der Waals surface area contributed by atoms with E-state index in [9.17, 15) is 0 Å². The Morgan fingerprint density at radius 1 is 0.556 bits per heavy atom. The van der Waals surface area contributed by atoms with Gasteiger partial charge < -0.3 is 14.2 Å². The Bertz CT molecular complexity index is 1290. The first-order chi connectivity index (χ1) is 17.7. The van der Waals surface area contributed by atoms with Crippen molar-refractivity contribution < 1.29 is 14.2 Å². The van der Waals surface area contributed by atoms with Crippen LogP contribution in [-0.4, -0.2) is 26.4 Å². The minimum absolute atomic E-state index is 0.183. The number of hydrogen-bond donors (Lipinski definition) is 0. The van der Waals surface area contributed by atoms with E-state index in [1.165, 1.54) is 0 Å². The fourth-order valence-corrected chi connectivity index (χ4v) is 4.03. The summed E-state index contributed by atoms with van der Waals surface area (Å²) in [6, 6.07) is 35.3. The zero-order valence-electron chi connectivity index (χ0n) is 19.7. The molecule has 5 rings (SSSR count). The molecule has 1 aliphatic heterocycles. The molecule has 1 saturated heterocycles. The molecule has 4 aromatic carbocycles. The molecule has 1 aliphatic rings. The summed E-state index contributed by atoms with van der Waals surface area (Å²) >= 11 is 0. The Morgan fingerprint density at radius 2 is 0.889 bits per heavy atom. The normalized spacial score (nSPS) is 13.6. The van der Waals surface area contributed by atoms with Crippen LogP contribution < -0.4 is 9.47 Å². The number of ether oxygens (including phenoxy) is 3. The van der Waals surface area contributed by atoms with E-state index in [0.717, 1.165) is 33.8 Å². The van der Waals surface area contributed by atoms with Crippen LogP contribution in [-0.2, 0) is 4.74 Å². The van der Waals surface area contributed by atoms with E-state index < -0.39 is 0 Å². The second kappa shape index (κ2) is 10.4. The van der Waals surface area contributed by atoms with Gasteiger partial charge in [0.25, 0.3) is 0 Å². The van der Waals surface area contributed by atoms with E-state index in [1.54, 1.807) is 0 Å². The van der Waals surface area contributed by atoms with Gasteiger partial charge in [0.2, 0.25) is 0 Å². The smallest absolute Gasteiger partial charge is 0.119 e. The Hall–Kier alpha value is -4.58. The average Bonchev–Trinajstić information content (AvgIpc) is 2.93. The fraction of sp³-hybridized carbons (Fsp3) is 0.161. The summed E-state index contributed by atoms with van der Waals surface area (Å²) in [4.78, 5) is 0. The van der Waals surface area contributed by atoms with Gasteiger partial charge in [0, 0.05) is 0 Å². The number of hydrogen-bond acceptors (Lipinski definition) is 5. The van der Waals surface area contributed by atoms with Crippen molar-refractivity contribution in [3.63, 3.8) is 0 Å². The minimum Gasteiger partial charge on any atom is -0.493 e. The molecule has 176 valence electrons. The molecule has 36 heavy (non-hydrogen) atoms. The summed E-state index contributed by atoms with van der Waals surface area (Å²) in [5.41, 5.74) is 5.37. The van der Waals surface area contributed by atoms with Gasteiger partial charge in [0.05, 0.1) is 41.9 Å². The lowest BCUT2D eigenvalue weighted by Gasteiger charge is -2.40. The molecule has 0 unspecified atom stereocenters. The van der Waals surface area contributed by atoms with E-state index in [4.69, 9.17) is 24.7 Å². The Balaban J connectivity index is 1.16. The third-order valence-corrected chi connectivity index (χ3v) is 6.31. The lowest BCUT2D eigenvalue weighted by Crippen LogP contribution is -2.51. The van der Waals surface area contributed by atoms with Gasteiger partial charge in [-0.05, 0) is 70.8 Å². The molecule has 0 radical (unpaired) electrons. The minimum atomic E-state index is -0.183. The quantitative estimate of drug-likeness (QED) is 0.303. The van der Waals surface area contributed by atoms with Crippen molar-refractivity contribution in [1.29, 1.82) is 10.5 Å². The first-order valence-corrected chi connectivity index (χ1v) is 11.7.